The van der Waals surface area contributed by atoms with E-state index in [0.717, 1.165) is 142 Å². The van der Waals surface area contributed by atoms with E-state index in [9.17, 15) is 24.3 Å². The van der Waals surface area contributed by atoms with Crippen LogP contribution in [0.1, 0.15) is 147 Å². The molecule has 98 heavy (non-hydrogen) atoms. The number of allylic oxidation sites excluding steroid dienone is 1. The summed E-state index contributed by atoms with van der Waals surface area (Å²) >= 11 is 12.7. The number of hydrogen-bond acceptors (Lipinski definition) is 11. The van der Waals surface area contributed by atoms with Gasteiger partial charge in [-0.05, 0) is 198 Å². The van der Waals surface area contributed by atoms with Crippen molar-refractivity contribution >= 4 is 68.9 Å². The van der Waals surface area contributed by atoms with Gasteiger partial charge in [-0.2, -0.15) is 10.2 Å². The Hall–Kier alpha value is -9.16. The predicted molar refractivity (Wildman–Crippen MR) is 390 cm³/mol. The topological polar surface area (TPSA) is 211 Å². The first-order valence-electron chi connectivity index (χ1n) is 33.7. The van der Waals surface area contributed by atoms with Crippen LogP contribution in [0.5, 0.6) is 11.5 Å². The van der Waals surface area contributed by atoms with Crippen molar-refractivity contribution in [1.29, 1.82) is 0 Å². The number of hydrogen-bond donors (Lipinski definition) is 5. The van der Waals surface area contributed by atoms with E-state index in [1.807, 2.05) is 115 Å². The lowest BCUT2D eigenvalue weighted by molar-refractivity contribution is -0.128. The molecule has 9 aromatic rings. The van der Waals surface area contributed by atoms with Crippen LogP contribution in [-0.4, -0.2) is 90.4 Å². The molecule has 4 aromatic heterocycles. The zero-order valence-corrected chi connectivity index (χ0v) is 60.2. The smallest absolute Gasteiger partial charge is 0.268 e. The number of ether oxygens (including phenoxy) is 2. The van der Waals surface area contributed by atoms with Crippen molar-refractivity contribution in [2.24, 2.45) is 20.0 Å². The number of aromatic amines is 1. The number of aryl methyl sites for hydroxylation is 9. The number of carbonyl (C=O) groups excluding carboxylic acids is 4. The number of nitrogens with zero attached hydrogens (tertiary/aromatic N) is 5. The highest BCUT2D eigenvalue weighted by Crippen LogP contribution is 2.43. The second kappa shape index (κ2) is 31.1. The van der Waals surface area contributed by atoms with Crippen LogP contribution in [0.2, 0.25) is 10.0 Å². The first kappa shape index (κ1) is 71.6. The minimum Gasteiger partial charge on any atom is -0.508 e. The Morgan fingerprint density at radius 1 is 0.724 bits per heavy atom. The number of Topliss-reactive ketones (excluding diaryl/α,β-unsaturated/α-hetero) is 1. The molecular formula is C79H91Cl2N9O8. The van der Waals surface area contributed by atoms with Crippen LogP contribution < -0.4 is 25.4 Å². The fourth-order valence-corrected chi connectivity index (χ4v) is 14.0. The maximum atomic E-state index is 14.1. The van der Waals surface area contributed by atoms with Crippen molar-refractivity contribution in [2.45, 2.75) is 147 Å². The van der Waals surface area contributed by atoms with E-state index < -0.39 is 6.04 Å². The summed E-state index contributed by atoms with van der Waals surface area (Å²) in [4.78, 5) is 58.4. The minimum atomic E-state index is -0.568. The van der Waals surface area contributed by atoms with Crippen molar-refractivity contribution in [1.82, 2.24) is 45.4 Å². The Balaban J connectivity index is 0.000000216. The van der Waals surface area contributed by atoms with Gasteiger partial charge >= 0.3 is 0 Å². The molecule has 1 atom stereocenters. The largest absolute Gasteiger partial charge is 0.508 e. The van der Waals surface area contributed by atoms with Crippen molar-refractivity contribution in [3.05, 3.63) is 209 Å². The molecule has 1 aliphatic carbocycles. The van der Waals surface area contributed by atoms with Crippen molar-refractivity contribution in [2.75, 3.05) is 26.3 Å². The van der Waals surface area contributed by atoms with Gasteiger partial charge in [0.25, 0.3) is 5.91 Å². The van der Waals surface area contributed by atoms with Gasteiger partial charge in [-0.3, -0.25) is 33.4 Å². The van der Waals surface area contributed by atoms with Crippen LogP contribution in [0.15, 0.2) is 108 Å². The summed E-state index contributed by atoms with van der Waals surface area (Å²) in [5.74, 6) is 1.89. The molecule has 17 nitrogen and oxygen atoms in total. The molecule has 5 aromatic carbocycles. The van der Waals surface area contributed by atoms with Crippen LogP contribution in [-0.2, 0) is 67.4 Å². The molecule has 19 heteroatoms. The minimum absolute atomic E-state index is 0.0590. The van der Waals surface area contributed by atoms with E-state index in [1.165, 1.54) is 18.1 Å². The number of aliphatic hydroxyl groups excluding tert-OH is 1. The fourth-order valence-electron chi connectivity index (χ4n) is 13.8. The van der Waals surface area contributed by atoms with Crippen LogP contribution in [0, 0.1) is 61.3 Å². The molecule has 11 rings (SSSR count). The number of carbonyl (C=O) groups is 4. The SMILES string of the molecule is C=C(O)c1cc(CNC(=O)c2[nH]c3c(-c4c(C)nn(C)c4C)cccc3c2CCCOc2cc(C)c(Cl)c(C)c2)oc1CN1CCc2ccccc2C1.CC(=O)[C@H](CC(C)C)NC(=O)CNC(=O)C1=C(CCCOc2cc(C)c(Cl)c(C)c2)c2cccc(-c3c(C)nn(C)c3C)c2C1. The van der Waals surface area contributed by atoms with Gasteiger partial charge in [-0.25, -0.2) is 0 Å². The maximum absolute atomic E-state index is 14.1. The second-order valence-corrected chi connectivity index (χ2v) is 27.4. The number of ketones is 1. The van der Waals surface area contributed by atoms with Crippen LogP contribution in [0.4, 0.5) is 0 Å². The molecule has 0 saturated carbocycles. The Morgan fingerprint density at radius 3 is 1.88 bits per heavy atom. The summed E-state index contributed by atoms with van der Waals surface area (Å²) in [6.07, 6.45) is 4.57. The zero-order chi connectivity index (χ0) is 70.4. The summed E-state index contributed by atoms with van der Waals surface area (Å²) in [5, 5.41) is 30.9. The average Bonchev–Trinajstić information content (AvgIpc) is 1.61. The van der Waals surface area contributed by atoms with Gasteiger partial charge < -0.3 is 39.9 Å². The number of furan rings is 1. The summed E-state index contributed by atoms with van der Waals surface area (Å²) in [6, 6.07) is 29.8. The second-order valence-electron chi connectivity index (χ2n) is 26.6. The predicted octanol–water partition coefficient (Wildman–Crippen LogP) is 15.5. The van der Waals surface area contributed by atoms with E-state index in [1.54, 1.807) is 6.07 Å². The molecule has 0 fully saturated rings. The number of fused-ring (bicyclic) bond motifs is 3. The highest BCUT2D eigenvalue weighted by atomic mass is 35.5. The van der Waals surface area contributed by atoms with Crippen LogP contribution >= 0.6 is 23.2 Å². The van der Waals surface area contributed by atoms with Gasteiger partial charge in [0.05, 0.1) is 61.4 Å². The van der Waals surface area contributed by atoms with E-state index in [2.05, 4.69) is 105 Å². The molecule has 0 spiro atoms. The Bertz CT molecular complexity index is 4520. The molecule has 5 heterocycles. The molecule has 0 radical (unpaired) electrons. The Kier molecular flexibility index (Phi) is 22.8. The third-order valence-electron chi connectivity index (χ3n) is 18.8. The van der Waals surface area contributed by atoms with Gasteiger partial charge in [0.15, 0.2) is 5.78 Å². The summed E-state index contributed by atoms with van der Waals surface area (Å²) in [6.45, 7) is 28.3. The third kappa shape index (κ3) is 16.2. The summed E-state index contributed by atoms with van der Waals surface area (Å²) in [5.41, 5.74) is 21.3. The lowest BCUT2D eigenvalue weighted by Gasteiger charge is -2.28. The number of benzene rings is 5. The summed E-state index contributed by atoms with van der Waals surface area (Å²) in [7, 11) is 3.88. The van der Waals surface area contributed by atoms with E-state index in [-0.39, 0.29) is 48.3 Å². The maximum Gasteiger partial charge on any atom is 0.268 e. The molecule has 2 aliphatic rings. The first-order valence-corrected chi connectivity index (χ1v) is 34.4. The lowest BCUT2D eigenvalue weighted by atomic mass is 9.93. The molecule has 1 aliphatic heterocycles. The average molecular weight is 1370 g/mol. The zero-order valence-electron chi connectivity index (χ0n) is 58.7. The normalized spacial score (nSPS) is 13.1. The number of nitrogens with one attached hydrogen (secondary N) is 4. The molecular weight excluding hydrogens is 1270 g/mol. The van der Waals surface area contributed by atoms with Crippen molar-refractivity contribution in [3.63, 3.8) is 0 Å². The number of halogens is 2. The number of H-pyrrole nitrogens is 1. The van der Waals surface area contributed by atoms with E-state index in [4.69, 9.17) is 37.1 Å². The van der Waals surface area contributed by atoms with Crippen LogP contribution in [0.25, 0.3) is 44.5 Å². The standard InChI is InChI=1S/C43H46ClN5O4.C36H45ClN4O4/c1-25-19-32(20-26(2)40(25)44)52-18-10-15-35-34-13-9-14-36(39-27(3)47-48(6)28(39)4)41(34)46-42(35)43(51)45-22-33-21-37(29(5)50)38(53-33)24-49-17-16-30-11-7-8-12-31(30)23-49;1-20(2)15-32(25(7)42)39-33(43)19-38-36(44)31-18-30-27(11-9-12-29(30)34-23(5)40-41(8)24(34)6)28(31)13-10-14-45-26-16-21(3)35(37)22(4)17-26/h7-9,11-14,19-21,46,50H,5,10,15-18,22-24H2,1-4,6H3,(H,45,51);9,11-12,16-17,20,32H,10,13-15,18-19H2,1-8H3,(H,38,44)(H,39,43)/t;32-/m.0/s1. The molecule has 5 N–H and O–H groups in total. The van der Waals surface area contributed by atoms with Crippen molar-refractivity contribution < 1.29 is 38.2 Å². The van der Waals surface area contributed by atoms with Gasteiger partial charge in [0, 0.05) is 82.7 Å². The number of rotatable bonds is 25. The number of para-hydroxylation sites is 1. The summed E-state index contributed by atoms with van der Waals surface area (Å²) < 4.78 is 22.3. The quantitative estimate of drug-likeness (QED) is 0.0268. The molecule has 0 bridgehead atoms. The van der Waals surface area contributed by atoms with Gasteiger partial charge in [0.2, 0.25) is 11.8 Å². The molecule has 3 amide bonds. The molecule has 514 valence electrons. The molecule has 0 saturated heterocycles. The van der Waals surface area contributed by atoms with E-state index in [0.29, 0.717) is 86.6 Å². The third-order valence-corrected chi connectivity index (χ3v) is 20.0. The number of amides is 3. The lowest BCUT2D eigenvalue weighted by Crippen LogP contribution is -2.45. The Morgan fingerprint density at radius 2 is 1.30 bits per heavy atom. The van der Waals surface area contributed by atoms with Gasteiger partial charge in [-0.1, -0.05) is 104 Å². The Labute approximate surface area is 585 Å². The van der Waals surface area contributed by atoms with Gasteiger partial charge in [-0.15, -0.1) is 0 Å². The fraction of sp³-hybridized carbons (Fsp3) is 0.367. The monoisotopic (exact) mass is 1360 g/mol. The molecule has 0 unspecified atom stereocenters. The van der Waals surface area contributed by atoms with Gasteiger partial charge in [0.1, 0.15) is 34.5 Å². The van der Waals surface area contributed by atoms with Crippen molar-refractivity contribution in [3.8, 4) is 33.8 Å². The number of aliphatic hydroxyl groups is 1. The van der Waals surface area contributed by atoms with E-state index >= 15 is 0 Å². The highest BCUT2D eigenvalue weighted by molar-refractivity contribution is 6.32. The number of aromatic nitrogens is 5. The van der Waals surface area contributed by atoms with Crippen LogP contribution in [0.3, 0.4) is 0 Å². The highest BCUT2D eigenvalue weighted by Gasteiger charge is 2.31. The first-order chi connectivity index (χ1) is 46.8.